The number of hydrogen-bond donors (Lipinski definition) is 1. The normalized spacial score (nSPS) is 15.1. The summed E-state index contributed by atoms with van der Waals surface area (Å²) in [6, 6.07) is 5.12. The van der Waals surface area contributed by atoms with Gasteiger partial charge in [0.2, 0.25) is 0 Å². The van der Waals surface area contributed by atoms with E-state index in [-0.39, 0.29) is 41.7 Å². The van der Waals surface area contributed by atoms with Crippen molar-refractivity contribution in [1.82, 2.24) is 19.8 Å². The highest BCUT2D eigenvalue weighted by Gasteiger charge is 2.26. The average Bonchev–Trinajstić information content (AvgIpc) is 3.23. The SMILES string of the molecule is CN=C(NCc1ccc(-n2ccnc2)c(F)c1)N1CCC(C(=O)OC)CC1.I. The van der Waals surface area contributed by atoms with E-state index in [1.165, 1.54) is 13.2 Å². The van der Waals surface area contributed by atoms with Gasteiger partial charge in [0.15, 0.2) is 5.96 Å². The molecule has 1 saturated heterocycles. The minimum absolute atomic E-state index is 0. The maximum Gasteiger partial charge on any atom is 0.308 e. The van der Waals surface area contributed by atoms with E-state index in [1.54, 1.807) is 36.4 Å². The zero-order valence-electron chi connectivity index (χ0n) is 16.0. The molecule has 1 aromatic heterocycles. The van der Waals surface area contributed by atoms with Gasteiger partial charge in [0, 0.05) is 39.1 Å². The minimum atomic E-state index is -0.304. The van der Waals surface area contributed by atoms with E-state index in [9.17, 15) is 9.18 Å². The Kier molecular flexibility index (Phi) is 8.21. The van der Waals surface area contributed by atoms with E-state index in [4.69, 9.17) is 4.74 Å². The van der Waals surface area contributed by atoms with Crippen molar-refractivity contribution in [2.75, 3.05) is 27.2 Å². The predicted octanol–water partition coefficient (Wildman–Crippen LogP) is 2.59. The average molecular weight is 501 g/mol. The first-order valence-electron chi connectivity index (χ1n) is 8.92. The summed E-state index contributed by atoms with van der Waals surface area (Å²) in [5.74, 6) is 0.249. The minimum Gasteiger partial charge on any atom is -0.469 e. The summed E-state index contributed by atoms with van der Waals surface area (Å²) in [5.41, 5.74) is 1.28. The van der Waals surface area contributed by atoms with Gasteiger partial charge in [-0.15, -0.1) is 24.0 Å². The van der Waals surface area contributed by atoms with Gasteiger partial charge in [-0.3, -0.25) is 9.79 Å². The molecular weight excluding hydrogens is 476 g/mol. The Morgan fingerprint density at radius 2 is 2.14 bits per heavy atom. The van der Waals surface area contributed by atoms with Crippen LogP contribution < -0.4 is 5.32 Å². The number of esters is 1. The molecule has 2 aromatic rings. The molecule has 1 aliphatic heterocycles. The second-order valence-electron chi connectivity index (χ2n) is 6.44. The van der Waals surface area contributed by atoms with Crippen molar-refractivity contribution in [3.8, 4) is 5.69 Å². The number of likely N-dealkylation sites (tertiary alicyclic amines) is 1. The van der Waals surface area contributed by atoms with Crippen LogP contribution in [0.3, 0.4) is 0 Å². The number of nitrogens with zero attached hydrogens (tertiary/aromatic N) is 4. The van der Waals surface area contributed by atoms with Crippen molar-refractivity contribution < 1.29 is 13.9 Å². The van der Waals surface area contributed by atoms with Crippen molar-refractivity contribution >= 4 is 35.9 Å². The molecule has 0 aliphatic carbocycles. The molecule has 0 radical (unpaired) electrons. The maximum atomic E-state index is 14.4. The summed E-state index contributed by atoms with van der Waals surface area (Å²) >= 11 is 0. The van der Waals surface area contributed by atoms with E-state index in [0.29, 0.717) is 12.2 Å². The van der Waals surface area contributed by atoms with Crippen LogP contribution in [0.25, 0.3) is 5.69 Å². The Morgan fingerprint density at radius 3 is 2.71 bits per heavy atom. The van der Waals surface area contributed by atoms with Crippen LogP contribution in [-0.4, -0.2) is 53.6 Å². The van der Waals surface area contributed by atoms with Crippen molar-refractivity contribution in [3.05, 3.63) is 48.3 Å². The molecule has 2 heterocycles. The smallest absolute Gasteiger partial charge is 0.308 e. The molecular formula is C19H25FIN5O2. The second-order valence-corrected chi connectivity index (χ2v) is 6.44. The van der Waals surface area contributed by atoms with Crippen LogP contribution in [0.2, 0.25) is 0 Å². The van der Waals surface area contributed by atoms with Crippen molar-refractivity contribution in [2.24, 2.45) is 10.9 Å². The first kappa shape index (κ1) is 22.1. The number of carbonyl (C=O) groups excluding carboxylic acids is 1. The Bertz CT molecular complexity index is 805. The summed E-state index contributed by atoms with van der Waals surface area (Å²) in [7, 11) is 3.14. The summed E-state index contributed by atoms with van der Waals surface area (Å²) in [6.07, 6.45) is 6.36. The number of rotatable bonds is 4. The molecule has 1 aliphatic rings. The Labute approximate surface area is 181 Å². The maximum absolute atomic E-state index is 14.4. The van der Waals surface area contributed by atoms with E-state index in [1.807, 2.05) is 6.07 Å². The van der Waals surface area contributed by atoms with Crippen LogP contribution >= 0.6 is 24.0 Å². The first-order chi connectivity index (χ1) is 13.1. The molecule has 3 rings (SSSR count). The molecule has 1 fully saturated rings. The van der Waals surface area contributed by atoms with Gasteiger partial charge < -0.3 is 19.5 Å². The zero-order valence-corrected chi connectivity index (χ0v) is 18.3. The lowest BCUT2D eigenvalue weighted by Gasteiger charge is -2.33. The number of carbonyl (C=O) groups is 1. The van der Waals surface area contributed by atoms with Crippen molar-refractivity contribution in [3.63, 3.8) is 0 Å². The third-order valence-electron chi connectivity index (χ3n) is 4.79. The topological polar surface area (TPSA) is 71.8 Å². The lowest BCUT2D eigenvalue weighted by atomic mass is 9.97. The third-order valence-corrected chi connectivity index (χ3v) is 4.79. The molecule has 0 bridgehead atoms. The van der Waals surface area contributed by atoms with Gasteiger partial charge in [-0.25, -0.2) is 9.37 Å². The highest BCUT2D eigenvalue weighted by atomic mass is 127. The predicted molar refractivity (Wildman–Crippen MR) is 115 cm³/mol. The van der Waals surface area contributed by atoms with Crippen molar-refractivity contribution in [2.45, 2.75) is 19.4 Å². The second kappa shape index (κ2) is 10.4. The van der Waals surface area contributed by atoms with E-state index in [0.717, 1.165) is 37.5 Å². The first-order valence-corrected chi connectivity index (χ1v) is 8.92. The molecule has 7 nitrogen and oxygen atoms in total. The van der Waals surface area contributed by atoms with Crippen molar-refractivity contribution in [1.29, 1.82) is 0 Å². The number of benzene rings is 1. The highest BCUT2D eigenvalue weighted by Crippen LogP contribution is 2.19. The zero-order chi connectivity index (χ0) is 19.2. The molecule has 1 aromatic carbocycles. The van der Waals surface area contributed by atoms with Crippen LogP contribution in [0.4, 0.5) is 4.39 Å². The summed E-state index contributed by atoms with van der Waals surface area (Å²) in [5, 5.41) is 3.27. The molecule has 0 unspecified atom stereocenters. The molecule has 0 amide bonds. The molecule has 152 valence electrons. The standard InChI is InChI=1S/C19H24FN5O2.HI/c1-21-19(24-8-5-15(6-9-24)18(26)27-2)23-12-14-3-4-17(16(20)11-14)25-10-7-22-13-25;/h3-4,7,10-11,13,15H,5-6,8-9,12H2,1-2H3,(H,21,23);1H. The quantitative estimate of drug-likeness (QED) is 0.302. The molecule has 0 spiro atoms. The third kappa shape index (κ3) is 5.21. The number of halogens is 2. The van der Waals surface area contributed by atoms with Gasteiger partial charge in [-0.05, 0) is 30.5 Å². The summed E-state index contributed by atoms with van der Waals surface area (Å²) in [4.78, 5) is 22.0. The fourth-order valence-corrected chi connectivity index (χ4v) is 3.28. The monoisotopic (exact) mass is 501 g/mol. The number of methoxy groups -OCH3 is 1. The number of nitrogens with one attached hydrogen (secondary N) is 1. The number of aliphatic imine (C=N–C) groups is 1. The molecule has 28 heavy (non-hydrogen) atoms. The van der Waals surface area contributed by atoms with Gasteiger partial charge in [-0.1, -0.05) is 6.07 Å². The number of hydrogen-bond acceptors (Lipinski definition) is 4. The van der Waals surface area contributed by atoms with Gasteiger partial charge in [0.1, 0.15) is 5.82 Å². The van der Waals surface area contributed by atoms with E-state index >= 15 is 0 Å². The number of imidazole rings is 1. The molecule has 0 saturated carbocycles. The Hall–Kier alpha value is -2.17. The lowest BCUT2D eigenvalue weighted by Crippen LogP contribution is -2.46. The van der Waals surface area contributed by atoms with Gasteiger partial charge in [0.05, 0.1) is 25.0 Å². The Balaban J connectivity index is 0.00000280. The number of piperidine rings is 1. The van der Waals surface area contributed by atoms with Gasteiger partial charge >= 0.3 is 5.97 Å². The van der Waals surface area contributed by atoms with Gasteiger partial charge in [0.25, 0.3) is 0 Å². The van der Waals surface area contributed by atoms with Crippen LogP contribution in [0.15, 0.2) is 41.9 Å². The Morgan fingerprint density at radius 1 is 1.39 bits per heavy atom. The van der Waals surface area contributed by atoms with E-state index in [2.05, 4.69) is 20.2 Å². The summed E-state index contributed by atoms with van der Waals surface area (Å²) in [6.45, 7) is 1.92. The fraction of sp³-hybridized carbons (Fsp3) is 0.421. The number of guanidine groups is 1. The highest BCUT2D eigenvalue weighted by molar-refractivity contribution is 14.0. The van der Waals surface area contributed by atoms with Crippen LogP contribution in [0.1, 0.15) is 18.4 Å². The summed E-state index contributed by atoms with van der Waals surface area (Å²) < 4.78 is 20.8. The lowest BCUT2D eigenvalue weighted by molar-refractivity contribution is -0.146. The largest absolute Gasteiger partial charge is 0.469 e. The van der Waals surface area contributed by atoms with Crippen LogP contribution in [0.5, 0.6) is 0 Å². The molecule has 9 heteroatoms. The number of ether oxygens (including phenoxy) is 1. The number of aromatic nitrogens is 2. The molecule has 0 atom stereocenters. The van der Waals surface area contributed by atoms with Gasteiger partial charge in [-0.2, -0.15) is 0 Å². The van der Waals surface area contributed by atoms with Crippen LogP contribution in [-0.2, 0) is 16.1 Å². The van der Waals surface area contributed by atoms with Crippen LogP contribution in [0, 0.1) is 11.7 Å². The van der Waals surface area contributed by atoms with E-state index < -0.39 is 0 Å². The fourth-order valence-electron chi connectivity index (χ4n) is 3.28. The molecule has 1 N–H and O–H groups in total.